The summed E-state index contributed by atoms with van der Waals surface area (Å²) in [6, 6.07) is 4.21. The minimum absolute atomic E-state index is 0.188. The normalized spacial score (nSPS) is 24.7. The van der Waals surface area contributed by atoms with Crippen LogP contribution in [0.25, 0.3) is 0 Å². The second-order valence-corrected chi connectivity index (χ2v) is 7.72. The number of benzene rings is 1. The molecule has 0 aromatic heterocycles. The first-order chi connectivity index (χ1) is 12.6. The van der Waals surface area contributed by atoms with E-state index in [0.29, 0.717) is 5.92 Å². The summed E-state index contributed by atoms with van der Waals surface area (Å²) in [7, 11) is 3.48. The number of rotatable bonds is 3. The van der Waals surface area contributed by atoms with Crippen molar-refractivity contribution >= 4 is 0 Å². The van der Waals surface area contributed by atoms with Crippen LogP contribution in [0, 0.1) is 0 Å². The maximum absolute atomic E-state index is 5.73. The van der Waals surface area contributed by atoms with Crippen molar-refractivity contribution in [2.75, 3.05) is 40.5 Å². The lowest BCUT2D eigenvalue weighted by atomic mass is 9.82. The zero-order valence-electron chi connectivity index (χ0n) is 16.5. The predicted octanol–water partition coefficient (Wildman–Crippen LogP) is 2.92. The molecule has 5 heteroatoms. The zero-order valence-corrected chi connectivity index (χ0v) is 16.5. The van der Waals surface area contributed by atoms with Gasteiger partial charge in [-0.25, -0.2) is 0 Å². The van der Waals surface area contributed by atoms with Gasteiger partial charge in [0, 0.05) is 29.8 Å². The molecule has 3 aliphatic rings. The highest BCUT2D eigenvalue weighted by atomic mass is 16.5. The fourth-order valence-corrected chi connectivity index (χ4v) is 5.20. The molecule has 26 heavy (non-hydrogen) atoms. The lowest BCUT2D eigenvalue weighted by Gasteiger charge is -2.41. The summed E-state index contributed by atoms with van der Waals surface area (Å²) in [5, 5.41) is 3.54. The second-order valence-electron chi connectivity index (χ2n) is 7.72. The van der Waals surface area contributed by atoms with Crippen molar-refractivity contribution in [3.05, 3.63) is 35.0 Å². The smallest absolute Gasteiger partial charge is 0.126 e. The standard InChI is InChI=1S/C21H31N3O2/c1-5-24-14-23-13-16-11-17(25-3)12-18(26-4)20(16)15(2)10-19(23)21(24)6-8-22-9-7-21/h10-12,15,22H,5-9,13-14H2,1-4H3. The molecular weight excluding hydrogens is 326 g/mol. The van der Waals surface area contributed by atoms with Gasteiger partial charge in [0.1, 0.15) is 11.5 Å². The number of nitrogens with zero attached hydrogens (tertiary/aromatic N) is 2. The molecule has 0 bridgehead atoms. The van der Waals surface area contributed by atoms with Crippen molar-refractivity contribution in [3.8, 4) is 11.5 Å². The number of methoxy groups -OCH3 is 2. The minimum atomic E-state index is 0.188. The molecule has 0 saturated carbocycles. The Kier molecular flexibility index (Phi) is 4.61. The van der Waals surface area contributed by atoms with Gasteiger partial charge in [-0.1, -0.05) is 19.9 Å². The van der Waals surface area contributed by atoms with Gasteiger partial charge in [-0.3, -0.25) is 4.90 Å². The second kappa shape index (κ2) is 6.78. The summed E-state index contributed by atoms with van der Waals surface area (Å²) in [6.45, 7) is 9.81. The summed E-state index contributed by atoms with van der Waals surface area (Å²) in [4.78, 5) is 5.25. The summed E-state index contributed by atoms with van der Waals surface area (Å²) in [5.74, 6) is 2.14. The van der Waals surface area contributed by atoms with Gasteiger partial charge in [0.25, 0.3) is 0 Å². The SMILES string of the molecule is CCN1CN2Cc3cc(OC)cc(OC)c3C(C)C=C2C12CCNCC2. The van der Waals surface area contributed by atoms with Crippen LogP contribution in [0.1, 0.15) is 43.7 Å². The van der Waals surface area contributed by atoms with Gasteiger partial charge in [0.2, 0.25) is 0 Å². The first kappa shape index (κ1) is 17.7. The van der Waals surface area contributed by atoms with Crippen molar-refractivity contribution < 1.29 is 9.47 Å². The minimum Gasteiger partial charge on any atom is -0.497 e. The Labute approximate surface area is 156 Å². The molecule has 2 saturated heterocycles. The third kappa shape index (κ3) is 2.60. The molecule has 0 amide bonds. The fourth-order valence-electron chi connectivity index (χ4n) is 5.20. The number of piperidine rings is 1. The van der Waals surface area contributed by atoms with Crippen molar-refractivity contribution in [1.29, 1.82) is 0 Å². The van der Waals surface area contributed by atoms with Gasteiger partial charge in [-0.2, -0.15) is 0 Å². The van der Waals surface area contributed by atoms with Crippen LogP contribution < -0.4 is 14.8 Å². The van der Waals surface area contributed by atoms with E-state index < -0.39 is 0 Å². The van der Waals surface area contributed by atoms with E-state index in [1.54, 1.807) is 14.2 Å². The Bertz CT molecular complexity index is 709. The average Bonchev–Trinajstić information content (AvgIpc) is 2.84. The highest BCUT2D eigenvalue weighted by Gasteiger charge is 2.49. The Hall–Kier alpha value is -1.72. The number of allylic oxidation sites excluding steroid dienone is 1. The Morgan fingerprint density at radius 2 is 1.96 bits per heavy atom. The van der Waals surface area contributed by atoms with Crippen molar-refractivity contribution in [3.63, 3.8) is 0 Å². The Morgan fingerprint density at radius 3 is 2.62 bits per heavy atom. The van der Waals surface area contributed by atoms with Gasteiger partial charge < -0.3 is 19.7 Å². The summed E-state index contributed by atoms with van der Waals surface area (Å²) < 4.78 is 11.3. The van der Waals surface area contributed by atoms with Crippen LogP contribution >= 0.6 is 0 Å². The highest BCUT2D eigenvalue weighted by Crippen LogP contribution is 2.47. The average molecular weight is 357 g/mol. The Morgan fingerprint density at radius 1 is 1.19 bits per heavy atom. The molecule has 5 nitrogen and oxygen atoms in total. The van der Waals surface area contributed by atoms with Crippen molar-refractivity contribution in [2.24, 2.45) is 0 Å². The van der Waals surface area contributed by atoms with Crippen LogP contribution in [0.5, 0.6) is 11.5 Å². The van der Waals surface area contributed by atoms with E-state index in [-0.39, 0.29) is 5.54 Å². The molecule has 1 aromatic rings. The third-order valence-electron chi connectivity index (χ3n) is 6.46. The highest BCUT2D eigenvalue weighted by molar-refractivity contribution is 5.52. The van der Waals surface area contributed by atoms with Crippen LogP contribution in [0.3, 0.4) is 0 Å². The molecule has 1 spiro atoms. The van der Waals surface area contributed by atoms with Gasteiger partial charge >= 0.3 is 0 Å². The lowest BCUT2D eigenvalue weighted by molar-refractivity contribution is 0.124. The first-order valence-corrected chi connectivity index (χ1v) is 9.80. The molecule has 142 valence electrons. The molecule has 1 atom stereocenters. The molecule has 1 aromatic carbocycles. The fraction of sp³-hybridized carbons (Fsp3) is 0.619. The largest absolute Gasteiger partial charge is 0.497 e. The van der Waals surface area contributed by atoms with E-state index >= 15 is 0 Å². The topological polar surface area (TPSA) is 37.0 Å². The molecule has 4 rings (SSSR count). The molecule has 1 unspecified atom stereocenters. The molecule has 1 N–H and O–H groups in total. The quantitative estimate of drug-likeness (QED) is 0.900. The van der Waals surface area contributed by atoms with Crippen LogP contribution in [-0.4, -0.2) is 55.9 Å². The number of hydrogen-bond donors (Lipinski definition) is 1. The summed E-state index contributed by atoms with van der Waals surface area (Å²) >= 11 is 0. The number of ether oxygens (including phenoxy) is 2. The summed E-state index contributed by atoms with van der Waals surface area (Å²) in [6.07, 6.45) is 4.88. The number of likely N-dealkylation sites (N-methyl/N-ethyl adjacent to an activating group) is 1. The van der Waals surface area contributed by atoms with Gasteiger partial charge in [-0.15, -0.1) is 0 Å². The van der Waals surface area contributed by atoms with E-state index in [9.17, 15) is 0 Å². The van der Waals surface area contributed by atoms with Crippen LogP contribution in [0.2, 0.25) is 0 Å². The molecule has 3 heterocycles. The summed E-state index contributed by atoms with van der Waals surface area (Å²) in [5.41, 5.74) is 4.34. The van der Waals surface area contributed by atoms with E-state index in [4.69, 9.17) is 9.47 Å². The Balaban J connectivity index is 1.80. The van der Waals surface area contributed by atoms with Crippen LogP contribution in [-0.2, 0) is 6.54 Å². The molecular formula is C21H31N3O2. The van der Waals surface area contributed by atoms with Gasteiger partial charge in [0.05, 0.1) is 26.4 Å². The van der Waals surface area contributed by atoms with Gasteiger partial charge in [0.15, 0.2) is 0 Å². The third-order valence-corrected chi connectivity index (χ3v) is 6.46. The molecule has 0 radical (unpaired) electrons. The number of nitrogens with one attached hydrogen (secondary N) is 1. The van der Waals surface area contributed by atoms with Crippen molar-refractivity contribution in [2.45, 2.75) is 44.7 Å². The van der Waals surface area contributed by atoms with Crippen molar-refractivity contribution in [1.82, 2.24) is 15.1 Å². The van der Waals surface area contributed by atoms with Gasteiger partial charge in [-0.05, 0) is 44.1 Å². The van der Waals surface area contributed by atoms with E-state index in [0.717, 1.165) is 44.3 Å². The number of fused-ring (bicyclic) bond motifs is 3. The predicted molar refractivity (Wildman–Crippen MR) is 104 cm³/mol. The molecule has 0 aliphatic carbocycles. The number of hydrogen-bond acceptors (Lipinski definition) is 5. The maximum Gasteiger partial charge on any atom is 0.126 e. The molecule has 2 fully saturated rings. The monoisotopic (exact) mass is 357 g/mol. The van der Waals surface area contributed by atoms with E-state index in [1.807, 2.05) is 6.07 Å². The van der Waals surface area contributed by atoms with Crippen LogP contribution in [0.15, 0.2) is 23.9 Å². The van der Waals surface area contributed by atoms with Crippen LogP contribution in [0.4, 0.5) is 0 Å². The molecule has 3 aliphatic heterocycles. The first-order valence-electron chi connectivity index (χ1n) is 9.80. The maximum atomic E-state index is 5.73. The van der Waals surface area contributed by atoms with E-state index in [2.05, 4.69) is 41.1 Å². The lowest BCUT2D eigenvalue weighted by Crippen LogP contribution is -2.51. The van der Waals surface area contributed by atoms with E-state index in [1.165, 1.54) is 29.7 Å². The zero-order chi connectivity index (χ0) is 18.3.